The van der Waals surface area contributed by atoms with Crippen molar-refractivity contribution >= 4 is 33.4 Å². The average molecular weight is 351 g/mol. The summed E-state index contributed by atoms with van der Waals surface area (Å²) in [6, 6.07) is 5.28. The number of benzene rings is 1. The topological polar surface area (TPSA) is 49.4 Å². The van der Waals surface area contributed by atoms with Gasteiger partial charge in [0, 0.05) is 10.2 Å². The molecule has 112 valence electrons. The normalized spacial score (nSPS) is 29.5. The Kier molecular flexibility index (Phi) is 3.35. The third-order valence-corrected chi connectivity index (χ3v) is 5.52. The SMILES string of the molecule is Cc1cc(N2C(=O)C(C)(C3CC3)NC(=O)C2C)ccc1Br. The van der Waals surface area contributed by atoms with Gasteiger partial charge in [0.25, 0.3) is 5.91 Å². The molecule has 5 heteroatoms. The van der Waals surface area contributed by atoms with Gasteiger partial charge in [0.05, 0.1) is 0 Å². The van der Waals surface area contributed by atoms with Crippen LogP contribution >= 0.6 is 15.9 Å². The summed E-state index contributed by atoms with van der Waals surface area (Å²) >= 11 is 3.47. The van der Waals surface area contributed by atoms with Gasteiger partial charge in [-0.15, -0.1) is 0 Å². The number of anilines is 1. The Morgan fingerprint density at radius 2 is 2.00 bits per heavy atom. The third kappa shape index (κ3) is 2.27. The number of amides is 2. The molecule has 21 heavy (non-hydrogen) atoms. The van der Waals surface area contributed by atoms with E-state index in [9.17, 15) is 9.59 Å². The van der Waals surface area contributed by atoms with Crippen LogP contribution in [-0.4, -0.2) is 23.4 Å². The average Bonchev–Trinajstić information content (AvgIpc) is 3.26. The van der Waals surface area contributed by atoms with E-state index in [1.807, 2.05) is 32.0 Å². The van der Waals surface area contributed by atoms with E-state index in [4.69, 9.17) is 0 Å². The zero-order valence-electron chi connectivity index (χ0n) is 12.4. The van der Waals surface area contributed by atoms with Crippen molar-refractivity contribution < 1.29 is 9.59 Å². The Labute approximate surface area is 133 Å². The van der Waals surface area contributed by atoms with Crippen LogP contribution in [-0.2, 0) is 9.59 Å². The van der Waals surface area contributed by atoms with Gasteiger partial charge in [-0.3, -0.25) is 14.5 Å². The lowest BCUT2D eigenvalue weighted by Crippen LogP contribution is -2.69. The maximum absolute atomic E-state index is 13.0. The summed E-state index contributed by atoms with van der Waals surface area (Å²) in [5, 5.41) is 2.94. The fraction of sp³-hybridized carbons (Fsp3) is 0.500. The molecular weight excluding hydrogens is 332 g/mol. The number of carbonyl (C=O) groups is 2. The highest BCUT2D eigenvalue weighted by atomic mass is 79.9. The quantitative estimate of drug-likeness (QED) is 0.891. The number of nitrogens with zero attached hydrogens (tertiary/aromatic N) is 1. The number of hydrogen-bond donors (Lipinski definition) is 1. The fourth-order valence-corrected chi connectivity index (χ4v) is 3.26. The summed E-state index contributed by atoms with van der Waals surface area (Å²) in [7, 11) is 0. The number of halogens is 1. The van der Waals surface area contributed by atoms with Crippen LogP contribution in [0, 0.1) is 12.8 Å². The van der Waals surface area contributed by atoms with Crippen molar-refractivity contribution in [1.82, 2.24) is 5.32 Å². The van der Waals surface area contributed by atoms with Crippen molar-refractivity contribution in [3.05, 3.63) is 28.2 Å². The Morgan fingerprint density at radius 1 is 1.33 bits per heavy atom. The maximum Gasteiger partial charge on any atom is 0.253 e. The Morgan fingerprint density at radius 3 is 2.57 bits per heavy atom. The van der Waals surface area contributed by atoms with Gasteiger partial charge in [-0.25, -0.2) is 0 Å². The molecule has 1 heterocycles. The van der Waals surface area contributed by atoms with E-state index < -0.39 is 11.6 Å². The van der Waals surface area contributed by atoms with Crippen LogP contribution in [0.4, 0.5) is 5.69 Å². The lowest BCUT2D eigenvalue weighted by atomic mass is 9.89. The largest absolute Gasteiger partial charge is 0.340 e. The Balaban J connectivity index is 2.03. The summed E-state index contributed by atoms with van der Waals surface area (Å²) in [6.45, 7) is 5.61. The number of hydrogen-bond acceptors (Lipinski definition) is 2. The molecule has 1 N–H and O–H groups in total. The third-order valence-electron chi connectivity index (χ3n) is 4.63. The smallest absolute Gasteiger partial charge is 0.253 e. The minimum atomic E-state index is -0.759. The predicted octanol–water partition coefficient (Wildman–Crippen LogP) is 2.78. The van der Waals surface area contributed by atoms with Gasteiger partial charge >= 0.3 is 0 Å². The van der Waals surface area contributed by atoms with E-state index in [1.54, 1.807) is 11.8 Å². The second-order valence-corrected chi connectivity index (χ2v) is 7.10. The molecule has 1 saturated carbocycles. The molecule has 4 nitrogen and oxygen atoms in total. The van der Waals surface area contributed by atoms with Crippen molar-refractivity contribution in [2.45, 2.75) is 45.2 Å². The molecule has 1 aromatic carbocycles. The van der Waals surface area contributed by atoms with E-state index in [0.717, 1.165) is 28.6 Å². The first-order chi connectivity index (χ1) is 9.84. The molecule has 1 aliphatic heterocycles. The van der Waals surface area contributed by atoms with Crippen LogP contribution < -0.4 is 10.2 Å². The molecule has 1 aliphatic carbocycles. The van der Waals surface area contributed by atoms with Gasteiger partial charge in [-0.1, -0.05) is 15.9 Å². The van der Waals surface area contributed by atoms with Crippen molar-refractivity contribution in [2.75, 3.05) is 4.90 Å². The number of piperazine rings is 1. The van der Waals surface area contributed by atoms with Gasteiger partial charge in [-0.2, -0.15) is 0 Å². The van der Waals surface area contributed by atoms with E-state index in [-0.39, 0.29) is 17.7 Å². The lowest BCUT2D eigenvalue weighted by molar-refractivity contribution is -0.138. The highest BCUT2D eigenvalue weighted by Crippen LogP contribution is 2.43. The van der Waals surface area contributed by atoms with E-state index in [1.165, 1.54) is 0 Å². The molecule has 3 rings (SSSR count). The standard InChI is InChI=1S/C16H19BrN2O2/c1-9-8-12(6-7-13(9)17)19-10(2)14(20)18-16(3,15(19)21)11-4-5-11/h6-8,10-11H,4-5H2,1-3H3,(H,18,20). The Bertz CT molecular complexity index is 627. The Hall–Kier alpha value is -1.36. The van der Waals surface area contributed by atoms with Crippen molar-refractivity contribution in [3.8, 4) is 0 Å². The molecule has 2 atom stereocenters. The number of rotatable bonds is 2. The molecule has 2 unspecified atom stereocenters. The number of carbonyl (C=O) groups excluding carboxylic acids is 2. The molecule has 2 aliphatic rings. The highest BCUT2D eigenvalue weighted by Gasteiger charge is 2.54. The van der Waals surface area contributed by atoms with Crippen molar-refractivity contribution in [3.63, 3.8) is 0 Å². The van der Waals surface area contributed by atoms with Gasteiger partial charge in [0.2, 0.25) is 5.91 Å². The minimum Gasteiger partial charge on any atom is -0.340 e. The van der Waals surface area contributed by atoms with Crippen LogP contribution in [0.1, 0.15) is 32.3 Å². The number of nitrogens with one attached hydrogen (secondary N) is 1. The number of aryl methyl sites for hydroxylation is 1. The summed E-state index contributed by atoms with van der Waals surface area (Å²) in [4.78, 5) is 26.9. The first-order valence-corrected chi connectivity index (χ1v) is 8.05. The molecule has 2 fully saturated rings. The van der Waals surface area contributed by atoms with Crippen LogP contribution in [0.5, 0.6) is 0 Å². The molecule has 0 spiro atoms. The van der Waals surface area contributed by atoms with Crippen LogP contribution in [0.2, 0.25) is 0 Å². The summed E-state index contributed by atoms with van der Waals surface area (Å²) in [6.07, 6.45) is 2.01. The predicted molar refractivity (Wildman–Crippen MR) is 85.1 cm³/mol. The summed E-state index contributed by atoms with van der Waals surface area (Å²) < 4.78 is 0.998. The van der Waals surface area contributed by atoms with Crippen LogP contribution in [0.25, 0.3) is 0 Å². The molecular formula is C16H19BrN2O2. The van der Waals surface area contributed by atoms with Gasteiger partial charge in [-0.05, 0) is 63.3 Å². The van der Waals surface area contributed by atoms with E-state index in [0.29, 0.717) is 0 Å². The fourth-order valence-electron chi connectivity index (χ4n) is 3.01. The van der Waals surface area contributed by atoms with Crippen LogP contribution in [0.3, 0.4) is 0 Å². The molecule has 2 amide bonds. The zero-order chi connectivity index (χ0) is 15.4. The van der Waals surface area contributed by atoms with Gasteiger partial charge in [0.15, 0.2) is 0 Å². The van der Waals surface area contributed by atoms with Crippen molar-refractivity contribution in [2.24, 2.45) is 5.92 Å². The molecule has 1 aromatic rings. The first kappa shape index (κ1) is 14.6. The first-order valence-electron chi connectivity index (χ1n) is 7.26. The van der Waals surface area contributed by atoms with Crippen LogP contribution in [0.15, 0.2) is 22.7 Å². The molecule has 1 saturated heterocycles. The zero-order valence-corrected chi connectivity index (χ0v) is 14.0. The van der Waals surface area contributed by atoms with E-state index in [2.05, 4.69) is 21.2 Å². The van der Waals surface area contributed by atoms with Gasteiger partial charge < -0.3 is 5.32 Å². The minimum absolute atomic E-state index is 0.00109. The monoisotopic (exact) mass is 350 g/mol. The summed E-state index contributed by atoms with van der Waals surface area (Å²) in [5.41, 5.74) is 1.08. The second-order valence-electron chi connectivity index (χ2n) is 6.25. The molecule has 0 bridgehead atoms. The second kappa shape index (κ2) is 4.83. The molecule has 0 radical (unpaired) electrons. The maximum atomic E-state index is 13.0. The van der Waals surface area contributed by atoms with E-state index >= 15 is 0 Å². The highest BCUT2D eigenvalue weighted by molar-refractivity contribution is 9.10. The molecule has 0 aromatic heterocycles. The lowest BCUT2D eigenvalue weighted by Gasteiger charge is -2.43. The van der Waals surface area contributed by atoms with Gasteiger partial charge in [0.1, 0.15) is 11.6 Å². The summed E-state index contributed by atoms with van der Waals surface area (Å²) in [5.74, 6) is 0.184. The van der Waals surface area contributed by atoms with Crippen molar-refractivity contribution in [1.29, 1.82) is 0 Å².